The van der Waals surface area contributed by atoms with Crippen LogP contribution >= 0.6 is 15.9 Å². The number of hydrogen-bond donors (Lipinski definition) is 1. The number of phenols is 1. The van der Waals surface area contributed by atoms with E-state index in [9.17, 15) is 9.50 Å². The molecular weight excluding hydrogens is 235 g/mol. The highest BCUT2D eigenvalue weighted by molar-refractivity contribution is 9.10. The zero-order chi connectivity index (χ0) is 9.42. The second kappa shape index (κ2) is 3.00. The van der Waals surface area contributed by atoms with Gasteiger partial charge in [0, 0.05) is 0 Å². The van der Waals surface area contributed by atoms with Crippen molar-refractivity contribution >= 4 is 26.7 Å². The first-order valence-electron chi connectivity index (χ1n) is 3.75. The van der Waals surface area contributed by atoms with Crippen LogP contribution in [0.1, 0.15) is 0 Å². The molecule has 2 aromatic rings. The van der Waals surface area contributed by atoms with Gasteiger partial charge in [-0.05, 0) is 44.9 Å². The van der Waals surface area contributed by atoms with E-state index in [1.54, 1.807) is 12.1 Å². The molecule has 1 N–H and O–H groups in total. The van der Waals surface area contributed by atoms with E-state index in [1.807, 2.05) is 0 Å². The van der Waals surface area contributed by atoms with Crippen molar-refractivity contribution in [1.29, 1.82) is 0 Å². The van der Waals surface area contributed by atoms with Gasteiger partial charge in [-0.3, -0.25) is 0 Å². The molecule has 13 heavy (non-hydrogen) atoms. The number of rotatable bonds is 0. The molecule has 66 valence electrons. The first kappa shape index (κ1) is 8.51. The van der Waals surface area contributed by atoms with Crippen molar-refractivity contribution in [1.82, 2.24) is 0 Å². The Kier molecular flexibility index (Phi) is 1.96. The third-order valence-electron chi connectivity index (χ3n) is 1.90. The van der Waals surface area contributed by atoms with Gasteiger partial charge in [0.25, 0.3) is 0 Å². The lowest BCUT2D eigenvalue weighted by atomic mass is 10.1. The summed E-state index contributed by atoms with van der Waals surface area (Å²) in [5, 5.41) is 10.9. The first-order chi connectivity index (χ1) is 6.18. The lowest BCUT2D eigenvalue weighted by Gasteiger charge is -2.02. The standard InChI is InChI=1S/C10H6BrFO/c11-10-8-3-2-7(12)5-6(8)1-4-9(10)13/h1-5,13H. The van der Waals surface area contributed by atoms with E-state index in [-0.39, 0.29) is 11.6 Å². The number of aromatic hydroxyl groups is 1. The number of halogens is 2. The average molecular weight is 241 g/mol. The van der Waals surface area contributed by atoms with Crippen LogP contribution in [0.2, 0.25) is 0 Å². The molecule has 2 rings (SSSR count). The second-order valence-corrected chi connectivity index (χ2v) is 3.56. The molecule has 0 saturated carbocycles. The average Bonchev–Trinajstić information content (AvgIpc) is 2.12. The maximum absolute atomic E-state index is 12.8. The molecule has 0 radical (unpaired) electrons. The van der Waals surface area contributed by atoms with E-state index >= 15 is 0 Å². The van der Waals surface area contributed by atoms with Gasteiger partial charge in [-0.2, -0.15) is 0 Å². The van der Waals surface area contributed by atoms with Crippen molar-refractivity contribution < 1.29 is 9.50 Å². The van der Waals surface area contributed by atoms with E-state index < -0.39 is 0 Å². The summed E-state index contributed by atoms with van der Waals surface area (Å²) in [5.41, 5.74) is 0. The van der Waals surface area contributed by atoms with Crippen LogP contribution in [0.4, 0.5) is 4.39 Å². The molecule has 0 aliphatic rings. The Morgan fingerprint density at radius 3 is 2.69 bits per heavy atom. The fraction of sp³-hybridized carbons (Fsp3) is 0. The molecule has 0 bridgehead atoms. The molecule has 0 spiro atoms. The number of phenolic OH excluding ortho intramolecular Hbond substituents is 1. The fourth-order valence-corrected chi connectivity index (χ4v) is 1.74. The molecule has 0 saturated heterocycles. The van der Waals surface area contributed by atoms with Crippen LogP contribution in [0, 0.1) is 5.82 Å². The Morgan fingerprint density at radius 2 is 1.92 bits per heavy atom. The normalized spacial score (nSPS) is 10.6. The molecule has 0 aromatic heterocycles. The minimum atomic E-state index is -0.273. The van der Waals surface area contributed by atoms with E-state index in [4.69, 9.17) is 0 Å². The van der Waals surface area contributed by atoms with Gasteiger partial charge in [-0.15, -0.1) is 0 Å². The first-order valence-corrected chi connectivity index (χ1v) is 4.54. The molecule has 1 nitrogen and oxygen atoms in total. The molecule has 0 atom stereocenters. The summed E-state index contributed by atoms with van der Waals surface area (Å²) in [6.07, 6.45) is 0. The van der Waals surface area contributed by atoms with Gasteiger partial charge >= 0.3 is 0 Å². The van der Waals surface area contributed by atoms with Crippen molar-refractivity contribution in [2.24, 2.45) is 0 Å². The maximum Gasteiger partial charge on any atom is 0.130 e. The van der Waals surface area contributed by atoms with Crippen LogP contribution in [0.15, 0.2) is 34.8 Å². The summed E-state index contributed by atoms with van der Waals surface area (Å²) in [7, 11) is 0. The predicted octanol–water partition coefficient (Wildman–Crippen LogP) is 3.45. The van der Waals surface area contributed by atoms with Crippen molar-refractivity contribution in [3.8, 4) is 5.75 Å². The summed E-state index contributed by atoms with van der Waals surface area (Å²) in [6.45, 7) is 0. The SMILES string of the molecule is Oc1ccc2cc(F)ccc2c1Br. The van der Waals surface area contributed by atoms with Crippen LogP contribution < -0.4 is 0 Å². The van der Waals surface area contributed by atoms with Crippen LogP contribution in [-0.4, -0.2) is 5.11 Å². The van der Waals surface area contributed by atoms with Crippen LogP contribution in [-0.2, 0) is 0 Å². The Balaban J connectivity index is 2.87. The molecule has 0 aliphatic heterocycles. The predicted molar refractivity (Wildman–Crippen MR) is 53.3 cm³/mol. The van der Waals surface area contributed by atoms with E-state index in [0.29, 0.717) is 4.47 Å². The van der Waals surface area contributed by atoms with Crippen molar-refractivity contribution in [3.05, 3.63) is 40.6 Å². The van der Waals surface area contributed by atoms with Crippen LogP contribution in [0.5, 0.6) is 5.75 Å². The third-order valence-corrected chi connectivity index (χ3v) is 2.73. The Bertz CT molecular complexity index is 468. The Morgan fingerprint density at radius 1 is 1.15 bits per heavy atom. The molecule has 0 heterocycles. The summed E-state index contributed by atoms with van der Waals surface area (Å²) in [6, 6.07) is 7.64. The number of fused-ring (bicyclic) bond motifs is 1. The molecule has 0 aliphatic carbocycles. The smallest absolute Gasteiger partial charge is 0.130 e. The van der Waals surface area contributed by atoms with Crippen LogP contribution in [0.25, 0.3) is 10.8 Å². The molecule has 0 unspecified atom stereocenters. The van der Waals surface area contributed by atoms with Gasteiger partial charge in [0.2, 0.25) is 0 Å². The minimum Gasteiger partial charge on any atom is -0.507 e. The zero-order valence-corrected chi connectivity index (χ0v) is 8.18. The van der Waals surface area contributed by atoms with Crippen LogP contribution in [0.3, 0.4) is 0 Å². The van der Waals surface area contributed by atoms with Gasteiger partial charge in [-0.1, -0.05) is 12.1 Å². The summed E-state index contributed by atoms with van der Waals surface area (Å²) >= 11 is 3.23. The highest BCUT2D eigenvalue weighted by atomic mass is 79.9. The van der Waals surface area contributed by atoms with Gasteiger partial charge in [0.15, 0.2) is 0 Å². The molecule has 3 heteroatoms. The molecule has 2 aromatic carbocycles. The van der Waals surface area contributed by atoms with E-state index in [0.717, 1.165) is 10.8 Å². The van der Waals surface area contributed by atoms with Gasteiger partial charge < -0.3 is 5.11 Å². The zero-order valence-electron chi connectivity index (χ0n) is 6.59. The van der Waals surface area contributed by atoms with Crippen molar-refractivity contribution in [2.45, 2.75) is 0 Å². The highest BCUT2D eigenvalue weighted by Crippen LogP contribution is 2.32. The van der Waals surface area contributed by atoms with Gasteiger partial charge in [0.05, 0.1) is 4.47 Å². The maximum atomic E-state index is 12.8. The Labute approximate surface area is 82.9 Å². The number of benzene rings is 2. The quantitative estimate of drug-likeness (QED) is 0.748. The summed E-state index contributed by atoms with van der Waals surface area (Å²) < 4.78 is 13.4. The monoisotopic (exact) mass is 240 g/mol. The lowest BCUT2D eigenvalue weighted by Crippen LogP contribution is -1.78. The van der Waals surface area contributed by atoms with E-state index in [2.05, 4.69) is 15.9 Å². The summed E-state index contributed by atoms with van der Waals surface area (Å²) in [4.78, 5) is 0. The Hall–Kier alpha value is -1.09. The highest BCUT2D eigenvalue weighted by Gasteiger charge is 2.03. The van der Waals surface area contributed by atoms with E-state index in [1.165, 1.54) is 18.2 Å². The molecule has 0 fully saturated rings. The largest absolute Gasteiger partial charge is 0.507 e. The molecular formula is C10H6BrFO. The summed E-state index contributed by atoms with van der Waals surface area (Å²) in [5.74, 6) is -0.107. The fourth-order valence-electron chi connectivity index (χ4n) is 1.25. The van der Waals surface area contributed by atoms with Crippen molar-refractivity contribution in [3.63, 3.8) is 0 Å². The third kappa shape index (κ3) is 1.40. The number of hydrogen-bond acceptors (Lipinski definition) is 1. The second-order valence-electron chi connectivity index (χ2n) is 2.76. The van der Waals surface area contributed by atoms with Gasteiger partial charge in [-0.25, -0.2) is 4.39 Å². The molecule has 0 amide bonds. The van der Waals surface area contributed by atoms with Gasteiger partial charge in [0.1, 0.15) is 11.6 Å². The minimum absolute atomic E-state index is 0.166. The topological polar surface area (TPSA) is 20.2 Å². The lowest BCUT2D eigenvalue weighted by molar-refractivity contribution is 0.473. The van der Waals surface area contributed by atoms with Crippen molar-refractivity contribution in [2.75, 3.05) is 0 Å².